The number of amides is 1. The Morgan fingerprint density at radius 3 is 2.70 bits per heavy atom. The van der Waals surface area contributed by atoms with Crippen LogP contribution in [0, 0.1) is 0 Å². The molecule has 3 N–H and O–H groups in total. The molecule has 0 fully saturated rings. The summed E-state index contributed by atoms with van der Waals surface area (Å²) in [6, 6.07) is 6.12. The second kappa shape index (κ2) is 5.98. The quantitative estimate of drug-likeness (QED) is 0.854. The van der Waals surface area contributed by atoms with E-state index in [1.165, 1.54) is 31.4 Å². The van der Waals surface area contributed by atoms with E-state index in [0.717, 1.165) is 0 Å². The number of hydrogen-bond donors (Lipinski definition) is 2. The van der Waals surface area contributed by atoms with Gasteiger partial charge in [0.1, 0.15) is 11.4 Å². The van der Waals surface area contributed by atoms with Crippen molar-refractivity contribution < 1.29 is 9.53 Å². The lowest BCUT2D eigenvalue weighted by atomic mass is 10.3. The highest BCUT2D eigenvalue weighted by Gasteiger charge is 2.10. The molecule has 0 aliphatic heterocycles. The SMILES string of the molecule is CNC(=O)c1cc(Oc2cc(Cl)c(Cl)cc2N)ccn1. The Morgan fingerprint density at radius 1 is 1.30 bits per heavy atom. The summed E-state index contributed by atoms with van der Waals surface area (Å²) in [5.41, 5.74) is 6.38. The molecule has 2 aromatic rings. The van der Waals surface area contributed by atoms with E-state index in [4.69, 9.17) is 33.7 Å². The van der Waals surface area contributed by atoms with Gasteiger partial charge in [0.25, 0.3) is 5.91 Å². The van der Waals surface area contributed by atoms with Crippen molar-refractivity contribution in [3.63, 3.8) is 0 Å². The molecule has 20 heavy (non-hydrogen) atoms. The van der Waals surface area contributed by atoms with Crippen LogP contribution >= 0.6 is 23.2 Å². The number of nitrogens with zero attached hydrogens (tertiary/aromatic N) is 1. The zero-order valence-corrected chi connectivity index (χ0v) is 12.0. The van der Waals surface area contributed by atoms with Crippen LogP contribution in [0.2, 0.25) is 10.0 Å². The standard InChI is InChI=1S/C13H11Cl2N3O2/c1-17-13(19)11-4-7(2-3-18-11)20-12-6-9(15)8(14)5-10(12)16/h2-6H,16H2,1H3,(H,17,19). The summed E-state index contributed by atoms with van der Waals surface area (Å²) in [4.78, 5) is 15.4. The van der Waals surface area contributed by atoms with E-state index in [9.17, 15) is 4.79 Å². The Balaban J connectivity index is 2.31. The first kappa shape index (κ1) is 14.4. The first-order chi connectivity index (χ1) is 9.51. The van der Waals surface area contributed by atoms with Gasteiger partial charge >= 0.3 is 0 Å². The van der Waals surface area contributed by atoms with Crippen LogP contribution in [0.5, 0.6) is 11.5 Å². The molecule has 0 saturated carbocycles. The molecule has 1 aromatic carbocycles. The summed E-state index contributed by atoms with van der Waals surface area (Å²) in [6.07, 6.45) is 1.47. The minimum Gasteiger partial charge on any atom is -0.455 e. The van der Waals surface area contributed by atoms with Crippen LogP contribution in [0.1, 0.15) is 10.5 Å². The summed E-state index contributed by atoms with van der Waals surface area (Å²) in [6.45, 7) is 0. The van der Waals surface area contributed by atoms with Crippen molar-refractivity contribution in [2.45, 2.75) is 0 Å². The molecule has 0 bridgehead atoms. The molecule has 1 heterocycles. The molecular weight excluding hydrogens is 301 g/mol. The van der Waals surface area contributed by atoms with E-state index in [1.54, 1.807) is 6.07 Å². The van der Waals surface area contributed by atoms with Crippen LogP contribution in [-0.2, 0) is 0 Å². The molecule has 0 aliphatic rings. The van der Waals surface area contributed by atoms with Crippen molar-refractivity contribution >= 4 is 34.8 Å². The third kappa shape index (κ3) is 3.12. The second-order valence-electron chi connectivity index (χ2n) is 3.86. The molecule has 0 radical (unpaired) electrons. The third-order valence-corrected chi connectivity index (χ3v) is 3.19. The van der Waals surface area contributed by atoms with E-state index in [-0.39, 0.29) is 11.6 Å². The van der Waals surface area contributed by atoms with E-state index >= 15 is 0 Å². The molecule has 0 spiro atoms. The fourth-order valence-corrected chi connectivity index (χ4v) is 1.81. The van der Waals surface area contributed by atoms with E-state index in [2.05, 4.69) is 10.3 Å². The van der Waals surface area contributed by atoms with E-state index < -0.39 is 0 Å². The minimum atomic E-state index is -0.308. The number of nitrogen functional groups attached to an aromatic ring is 1. The largest absolute Gasteiger partial charge is 0.455 e. The number of carbonyl (C=O) groups is 1. The number of hydrogen-bond acceptors (Lipinski definition) is 4. The predicted octanol–water partition coefficient (Wildman–Crippen LogP) is 3.12. The maximum atomic E-state index is 11.5. The van der Waals surface area contributed by atoms with Crippen LogP contribution in [-0.4, -0.2) is 17.9 Å². The molecule has 5 nitrogen and oxygen atoms in total. The van der Waals surface area contributed by atoms with Gasteiger partial charge in [-0.1, -0.05) is 23.2 Å². The Bertz CT molecular complexity index is 662. The zero-order chi connectivity index (χ0) is 14.7. The molecule has 104 valence electrons. The minimum absolute atomic E-state index is 0.239. The van der Waals surface area contributed by atoms with Crippen molar-refractivity contribution in [3.05, 3.63) is 46.2 Å². The first-order valence-electron chi connectivity index (χ1n) is 5.61. The average molecular weight is 312 g/mol. The van der Waals surface area contributed by atoms with Crippen molar-refractivity contribution in [3.8, 4) is 11.5 Å². The highest BCUT2D eigenvalue weighted by Crippen LogP contribution is 2.34. The first-order valence-corrected chi connectivity index (χ1v) is 6.37. The van der Waals surface area contributed by atoms with Gasteiger partial charge in [-0.15, -0.1) is 0 Å². The Labute approximate surface area is 125 Å². The number of ether oxygens (including phenoxy) is 1. The van der Waals surface area contributed by atoms with E-state index in [0.29, 0.717) is 27.2 Å². The van der Waals surface area contributed by atoms with Gasteiger partial charge in [-0.3, -0.25) is 9.78 Å². The molecule has 1 aromatic heterocycles. The fraction of sp³-hybridized carbons (Fsp3) is 0.0769. The molecule has 0 aliphatic carbocycles. The number of nitrogens with one attached hydrogen (secondary N) is 1. The highest BCUT2D eigenvalue weighted by atomic mass is 35.5. The molecule has 0 saturated heterocycles. The van der Waals surface area contributed by atoms with Crippen molar-refractivity contribution in [1.29, 1.82) is 0 Å². The van der Waals surface area contributed by atoms with Crippen LogP contribution in [0.15, 0.2) is 30.5 Å². The molecule has 2 rings (SSSR count). The highest BCUT2D eigenvalue weighted by molar-refractivity contribution is 6.42. The van der Waals surface area contributed by atoms with Crippen LogP contribution in [0.4, 0.5) is 5.69 Å². The molecule has 0 unspecified atom stereocenters. The topological polar surface area (TPSA) is 77.2 Å². The number of halogens is 2. The van der Waals surface area contributed by atoms with E-state index in [1.807, 2.05) is 0 Å². The Kier molecular flexibility index (Phi) is 4.32. The molecular formula is C13H11Cl2N3O2. The number of pyridine rings is 1. The normalized spacial score (nSPS) is 10.2. The lowest BCUT2D eigenvalue weighted by molar-refractivity contribution is 0.0958. The van der Waals surface area contributed by atoms with Gasteiger partial charge in [0, 0.05) is 25.4 Å². The number of anilines is 1. The smallest absolute Gasteiger partial charge is 0.269 e. The average Bonchev–Trinajstić information content (AvgIpc) is 2.44. The van der Waals surface area contributed by atoms with Gasteiger partial charge in [0.05, 0.1) is 15.7 Å². The number of rotatable bonds is 3. The van der Waals surface area contributed by atoms with Crippen molar-refractivity contribution in [2.75, 3.05) is 12.8 Å². The van der Waals surface area contributed by atoms with Crippen LogP contribution in [0.3, 0.4) is 0 Å². The van der Waals surface area contributed by atoms with Gasteiger partial charge in [-0.05, 0) is 12.1 Å². The Hall–Kier alpha value is -1.98. The number of aromatic nitrogens is 1. The van der Waals surface area contributed by atoms with Gasteiger partial charge in [-0.25, -0.2) is 0 Å². The van der Waals surface area contributed by atoms with Gasteiger partial charge < -0.3 is 15.8 Å². The van der Waals surface area contributed by atoms with Gasteiger partial charge in [0.2, 0.25) is 0 Å². The summed E-state index contributed by atoms with van der Waals surface area (Å²) < 4.78 is 5.59. The summed E-state index contributed by atoms with van der Waals surface area (Å²) in [5, 5.41) is 3.15. The maximum absolute atomic E-state index is 11.5. The fourth-order valence-electron chi connectivity index (χ4n) is 1.49. The molecule has 1 amide bonds. The summed E-state index contributed by atoms with van der Waals surface area (Å²) >= 11 is 11.8. The zero-order valence-electron chi connectivity index (χ0n) is 10.5. The third-order valence-electron chi connectivity index (χ3n) is 2.47. The second-order valence-corrected chi connectivity index (χ2v) is 4.68. The van der Waals surface area contributed by atoms with Crippen molar-refractivity contribution in [1.82, 2.24) is 10.3 Å². The number of nitrogens with two attached hydrogens (primary N) is 1. The summed E-state index contributed by atoms with van der Waals surface area (Å²) in [7, 11) is 1.52. The van der Waals surface area contributed by atoms with Crippen LogP contribution < -0.4 is 15.8 Å². The Morgan fingerprint density at radius 2 is 2.00 bits per heavy atom. The van der Waals surface area contributed by atoms with Crippen molar-refractivity contribution in [2.24, 2.45) is 0 Å². The maximum Gasteiger partial charge on any atom is 0.269 e. The predicted molar refractivity (Wildman–Crippen MR) is 78.6 cm³/mol. The number of carbonyl (C=O) groups excluding carboxylic acids is 1. The summed E-state index contributed by atoms with van der Waals surface area (Å²) in [5.74, 6) is 0.467. The van der Waals surface area contributed by atoms with Gasteiger partial charge in [0.15, 0.2) is 5.75 Å². The van der Waals surface area contributed by atoms with Gasteiger partial charge in [-0.2, -0.15) is 0 Å². The lowest BCUT2D eigenvalue weighted by Gasteiger charge is -2.10. The monoisotopic (exact) mass is 311 g/mol. The molecule has 7 heteroatoms. The lowest BCUT2D eigenvalue weighted by Crippen LogP contribution is -2.18. The molecule has 0 atom stereocenters. The van der Waals surface area contributed by atoms with Crippen LogP contribution in [0.25, 0.3) is 0 Å². The number of benzene rings is 1.